The van der Waals surface area contributed by atoms with Crippen molar-refractivity contribution in [3.63, 3.8) is 0 Å². The Kier molecular flexibility index (Phi) is 4.47. The Morgan fingerprint density at radius 1 is 1.50 bits per heavy atom. The van der Waals surface area contributed by atoms with Crippen molar-refractivity contribution in [1.29, 1.82) is 0 Å². The van der Waals surface area contributed by atoms with E-state index < -0.39 is 11.7 Å². The van der Waals surface area contributed by atoms with Gasteiger partial charge in [-0.25, -0.2) is 9.37 Å². The number of carbonyl (C=O) groups is 1. The normalized spacial score (nSPS) is 10.7. The monoisotopic (exact) mass is 276 g/mol. The van der Waals surface area contributed by atoms with Gasteiger partial charge >= 0.3 is 0 Å². The fourth-order valence-electron chi connectivity index (χ4n) is 1.90. The molecule has 2 aromatic rings. The topological polar surface area (TPSA) is 72.9 Å². The Morgan fingerprint density at radius 3 is 2.95 bits per heavy atom. The number of imidazole rings is 1. The Labute approximate surface area is 116 Å². The van der Waals surface area contributed by atoms with Crippen molar-refractivity contribution in [2.24, 2.45) is 5.73 Å². The number of nitrogens with two attached hydrogens (primary N) is 1. The molecule has 2 rings (SSSR count). The van der Waals surface area contributed by atoms with Crippen LogP contribution in [0, 0.1) is 5.82 Å². The molecule has 0 saturated carbocycles. The molecule has 20 heavy (non-hydrogen) atoms. The van der Waals surface area contributed by atoms with Gasteiger partial charge in [0.1, 0.15) is 5.82 Å². The summed E-state index contributed by atoms with van der Waals surface area (Å²) in [6.07, 6.45) is 4.39. The number of hydrogen-bond donors (Lipinski definition) is 2. The van der Waals surface area contributed by atoms with Gasteiger partial charge in [-0.3, -0.25) is 4.79 Å². The number of benzene rings is 1. The Hall–Kier alpha value is -2.21. The van der Waals surface area contributed by atoms with Crippen LogP contribution < -0.4 is 11.1 Å². The molecular weight excluding hydrogens is 259 g/mol. The first kappa shape index (κ1) is 14.2. The fraction of sp³-hybridized carbons (Fsp3) is 0.286. The van der Waals surface area contributed by atoms with Gasteiger partial charge in [-0.2, -0.15) is 0 Å². The third kappa shape index (κ3) is 3.42. The fourth-order valence-corrected chi connectivity index (χ4v) is 1.90. The molecule has 1 aromatic heterocycles. The van der Waals surface area contributed by atoms with Crippen LogP contribution in [-0.4, -0.2) is 29.1 Å². The molecule has 1 heterocycles. The Bertz CT molecular complexity index is 609. The van der Waals surface area contributed by atoms with E-state index in [1.165, 1.54) is 6.07 Å². The predicted molar refractivity (Wildman–Crippen MR) is 73.9 cm³/mol. The third-order valence-electron chi connectivity index (χ3n) is 3.01. The molecule has 106 valence electrons. The highest BCUT2D eigenvalue weighted by molar-refractivity contribution is 5.92. The minimum atomic E-state index is -0.632. The summed E-state index contributed by atoms with van der Waals surface area (Å²) in [5.74, 6) is -1.07. The lowest BCUT2D eigenvalue weighted by atomic mass is 10.1. The zero-order valence-electron chi connectivity index (χ0n) is 11.3. The number of rotatable bonds is 6. The first-order valence-corrected chi connectivity index (χ1v) is 6.33. The van der Waals surface area contributed by atoms with E-state index in [1.54, 1.807) is 12.4 Å². The minimum absolute atomic E-state index is 0.173. The molecule has 0 atom stereocenters. The lowest BCUT2D eigenvalue weighted by molar-refractivity contribution is 0.1000. The summed E-state index contributed by atoms with van der Waals surface area (Å²) in [7, 11) is 1.88. The maximum Gasteiger partial charge on any atom is 0.248 e. The van der Waals surface area contributed by atoms with Crippen LogP contribution in [0.1, 0.15) is 21.6 Å². The van der Waals surface area contributed by atoms with E-state index in [2.05, 4.69) is 10.3 Å². The average Bonchev–Trinajstić information content (AvgIpc) is 2.86. The number of nitrogens with zero attached hydrogens (tertiary/aromatic N) is 2. The Morgan fingerprint density at radius 2 is 2.30 bits per heavy atom. The van der Waals surface area contributed by atoms with E-state index in [0.717, 1.165) is 24.7 Å². The van der Waals surface area contributed by atoms with Gasteiger partial charge in [0.25, 0.3) is 0 Å². The lowest BCUT2D eigenvalue weighted by Gasteiger charge is -2.05. The summed E-state index contributed by atoms with van der Waals surface area (Å²) >= 11 is 0. The summed E-state index contributed by atoms with van der Waals surface area (Å²) in [6, 6.07) is 4.26. The molecular formula is C14H17FN4O. The number of amides is 1. The maximum absolute atomic E-state index is 13.9. The molecule has 0 saturated heterocycles. The van der Waals surface area contributed by atoms with E-state index in [4.69, 9.17) is 5.73 Å². The highest BCUT2D eigenvalue weighted by atomic mass is 19.1. The van der Waals surface area contributed by atoms with Crippen molar-refractivity contribution < 1.29 is 9.18 Å². The summed E-state index contributed by atoms with van der Waals surface area (Å²) in [5.41, 5.74) is 6.73. The molecule has 0 radical (unpaired) electrons. The summed E-state index contributed by atoms with van der Waals surface area (Å²) in [5, 5.41) is 3.05. The van der Waals surface area contributed by atoms with Gasteiger partial charge in [-0.15, -0.1) is 0 Å². The molecule has 1 amide bonds. The molecule has 0 fully saturated rings. The van der Waals surface area contributed by atoms with Crippen molar-refractivity contribution in [1.82, 2.24) is 14.9 Å². The van der Waals surface area contributed by atoms with E-state index >= 15 is 0 Å². The molecule has 3 N–H and O–H groups in total. The van der Waals surface area contributed by atoms with Crippen molar-refractivity contribution in [2.45, 2.75) is 13.0 Å². The first-order valence-electron chi connectivity index (χ1n) is 6.33. The van der Waals surface area contributed by atoms with Crippen molar-refractivity contribution >= 4 is 5.91 Å². The van der Waals surface area contributed by atoms with Crippen LogP contribution in [0.4, 0.5) is 4.39 Å². The third-order valence-corrected chi connectivity index (χ3v) is 3.01. The van der Waals surface area contributed by atoms with Gasteiger partial charge in [-0.1, -0.05) is 6.07 Å². The van der Waals surface area contributed by atoms with Crippen LogP contribution in [0.15, 0.2) is 30.7 Å². The van der Waals surface area contributed by atoms with Crippen LogP contribution in [0.25, 0.3) is 0 Å². The number of carbonyl (C=O) groups excluding carboxylic acids is 1. The summed E-state index contributed by atoms with van der Waals surface area (Å²) in [4.78, 5) is 15.2. The van der Waals surface area contributed by atoms with Crippen molar-refractivity contribution in [3.8, 4) is 0 Å². The van der Waals surface area contributed by atoms with E-state index in [-0.39, 0.29) is 5.56 Å². The highest BCUT2D eigenvalue weighted by Crippen LogP contribution is 2.12. The lowest BCUT2D eigenvalue weighted by Crippen LogP contribution is -2.12. The van der Waals surface area contributed by atoms with Gasteiger partial charge in [0.15, 0.2) is 0 Å². The number of aromatic nitrogens is 2. The van der Waals surface area contributed by atoms with E-state index in [1.807, 2.05) is 17.8 Å². The minimum Gasteiger partial charge on any atom is -0.366 e. The molecule has 0 aliphatic heterocycles. The second kappa shape index (κ2) is 6.29. The highest BCUT2D eigenvalue weighted by Gasteiger charge is 2.08. The average molecular weight is 276 g/mol. The van der Waals surface area contributed by atoms with Gasteiger partial charge in [0, 0.05) is 30.3 Å². The van der Waals surface area contributed by atoms with Crippen LogP contribution in [0.2, 0.25) is 0 Å². The second-order valence-electron chi connectivity index (χ2n) is 4.56. The van der Waals surface area contributed by atoms with Crippen molar-refractivity contribution in [3.05, 3.63) is 53.4 Å². The second-order valence-corrected chi connectivity index (χ2v) is 4.56. The van der Waals surface area contributed by atoms with Gasteiger partial charge in [-0.05, 0) is 19.2 Å². The van der Waals surface area contributed by atoms with Crippen LogP contribution in [-0.2, 0) is 13.0 Å². The maximum atomic E-state index is 13.9. The molecule has 0 unspecified atom stereocenters. The number of halogens is 1. The van der Waals surface area contributed by atoms with E-state index in [9.17, 15) is 9.18 Å². The van der Waals surface area contributed by atoms with Crippen LogP contribution in [0.5, 0.6) is 0 Å². The van der Waals surface area contributed by atoms with Gasteiger partial charge in [0.05, 0.1) is 18.6 Å². The molecule has 0 spiro atoms. The first-order chi connectivity index (χ1) is 9.60. The van der Waals surface area contributed by atoms with Crippen LogP contribution in [0.3, 0.4) is 0 Å². The zero-order valence-corrected chi connectivity index (χ0v) is 11.3. The molecule has 5 nitrogen and oxygen atoms in total. The molecule has 0 bridgehead atoms. The number of hydrogen-bond acceptors (Lipinski definition) is 3. The Balaban J connectivity index is 2.09. The predicted octanol–water partition coefficient (Wildman–Crippen LogP) is 0.931. The van der Waals surface area contributed by atoms with E-state index in [0.29, 0.717) is 12.1 Å². The molecule has 1 aromatic carbocycles. The number of likely N-dealkylation sites (N-methyl/N-ethyl adjacent to an activating group) is 1. The molecule has 0 aliphatic carbocycles. The summed E-state index contributed by atoms with van der Waals surface area (Å²) < 4.78 is 15.7. The molecule has 0 aliphatic rings. The zero-order chi connectivity index (χ0) is 14.5. The quantitative estimate of drug-likeness (QED) is 0.824. The number of nitrogens with one attached hydrogen (secondary N) is 1. The van der Waals surface area contributed by atoms with Gasteiger partial charge < -0.3 is 15.6 Å². The molecule has 6 heteroatoms. The summed E-state index contributed by atoms with van der Waals surface area (Å²) in [6.45, 7) is 1.22. The largest absolute Gasteiger partial charge is 0.366 e. The van der Waals surface area contributed by atoms with Crippen molar-refractivity contribution in [2.75, 3.05) is 13.6 Å². The van der Waals surface area contributed by atoms with Crippen LogP contribution >= 0.6 is 0 Å². The SMILES string of the molecule is CNCCc1cn(Cc2ccc(C(N)=O)cc2F)cn1. The smallest absolute Gasteiger partial charge is 0.248 e. The number of primary amides is 1. The standard InChI is InChI=1S/C14H17FN4O/c1-17-5-4-12-8-19(9-18-12)7-11-3-2-10(14(16)20)6-13(11)15/h2-3,6,8-9,17H,4-5,7H2,1H3,(H2,16,20). The van der Waals surface area contributed by atoms with Gasteiger partial charge in [0.2, 0.25) is 5.91 Å².